The first-order chi connectivity index (χ1) is 9.56. The molecule has 20 heavy (non-hydrogen) atoms. The van der Waals surface area contributed by atoms with E-state index in [1.165, 1.54) is 16.8 Å². The van der Waals surface area contributed by atoms with E-state index in [1.54, 1.807) is 0 Å². The van der Waals surface area contributed by atoms with Gasteiger partial charge in [0.1, 0.15) is 0 Å². The number of aromatic nitrogens is 2. The molecule has 4 heteroatoms. The Labute approximate surface area is 121 Å². The number of nitrogens with two attached hydrogens (primary N) is 1. The SMILES string of the molecule is CCN(c1ccc(C)cc1)C(CN)c1cn(C)nc1C. The summed E-state index contributed by atoms with van der Waals surface area (Å²) in [5.74, 6) is 0. The zero-order chi connectivity index (χ0) is 14.7. The van der Waals surface area contributed by atoms with Crippen LogP contribution in [0.25, 0.3) is 0 Å². The minimum Gasteiger partial charge on any atom is -0.363 e. The van der Waals surface area contributed by atoms with Gasteiger partial charge in [-0.25, -0.2) is 0 Å². The van der Waals surface area contributed by atoms with Crippen molar-refractivity contribution in [2.75, 3.05) is 18.0 Å². The van der Waals surface area contributed by atoms with E-state index >= 15 is 0 Å². The van der Waals surface area contributed by atoms with Crippen LogP contribution in [-0.2, 0) is 7.05 Å². The molecule has 1 unspecified atom stereocenters. The zero-order valence-electron chi connectivity index (χ0n) is 12.8. The van der Waals surface area contributed by atoms with Gasteiger partial charge in [0, 0.05) is 37.6 Å². The van der Waals surface area contributed by atoms with Gasteiger partial charge in [-0.2, -0.15) is 5.10 Å². The van der Waals surface area contributed by atoms with Crippen molar-refractivity contribution >= 4 is 5.69 Å². The van der Waals surface area contributed by atoms with E-state index in [0.29, 0.717) is 6.54 Å². The lowest BCUT2D eigenvalue weighted by atomic mass is 10.1. The van der Waals surface area contributed by atoms with Crippen LogP contribution >= 0.6 is 0 Å². The number of hydrogen-bond acceptors (Lipinski definition) is 3. The van der Waals surface area contributed by atoms with Crippen LogP contribution in [0.5, 0.6) is 0 Å². The second kappa shape index (κ2) is 6.09. The standard InChI is InChI=1S/C16H24N4/c1-5-20(14-8-6-12(2)7-9-14)16(10-17)15-11-19(4)18-13(15)3/h6-9,11,16H,5,10,17H2,1-4H3. The fourth-order valence-electron chi connectivity index (χ4n) is 2.69. The third-order valence-electron chi connectivity index (χ3n) is 3.72. The summed E-state index contributed by atoms with van der Waals surface area (Å²) in [4.78, 5) is 2.34. The van der Waals surface area contributed by atoms with E-state index in [2.05, 4.69) is 54.3 Å². The molecule has 0 aliphatic carbocycles. The highest BCUT2D eigenvalue weighted by atomic mass is 15.3. The predicted molar refractivity (Wildman–Crippen MR) is 83.9 cm³/mol. The molecule has 0 aliphatic heterocycles. The molecule has 0 spiro atoms. The molecule has 1 atom stereocenters. The third-order valence-corrected chi connectivity index (χ3v) is 3.72. The number of likely N-dealkylation sites (N-methyl/N-ethyl adjacent to an activating group) is 1. The third kappa shape index (κ3) is 2.85. The van der Waals surface area contributed by atoms with Crippen molar-refractivity contribution in [2.45, 2.75) is 26.8 Å². The highest BCUT2D eigenvalue weighted by Gasteiger charge is 2.21. The largest absolute Gasteiger partial charge is 0.363 e. The zero-order valence-corrected chi connectivity index (χ0v) is 12.8. The minimum absolute atomic E-state index is 0.163. The van der Waals surface area contributed by atoms with Crippen molar-refractivity contribution in [3.63, 3.8) is 0 Å². The first kappa shape index (κ1) is 14.6. The van der Waals surface area contributed by atoms with Crippen LogP contribution in [-0.4, -0.2) is 22.9 Å². The number of aryl methyl sites for hydroxylation is 3. The Morgan fingerprint density at radius 3 is 2.35 bits per heavy atom. The van der Waals surface area contributed by atoms with Gasteiger partial charge in [-0.3, -0.25) is 4.68 Å². The van der Waals surface area contributed by atoms with E-state index < -0.39 is 0 Å². The molecule has 1 aromatic heterocycles. The quantitative estimate of drug-likeness (QED) is 0.910. The lowest BCUT2D eigenvalue weighted by molar-refractivity contribution is 0.639. The molecule has 1 heterocycles. The van der Waals surface area contributed by atoms with Crippen LogP contribution in [0.4, 0.5) is 5.69 Å². The Kier molecular flexibility index (Phi) is 4.45. The molecule has 1 aromatic carbocycles. The summed E-state index contributed by atoms with van der Waals surface area (Å²) in [5, 5.41) is 4.44. The molecule has 2 rings (SSSR count). The molecule has 2 aromatic rings. The van der Waals surface area contributed by atoms with E-state index in [4.69, 9.17) is 5.73 Å². The number of anilines is 1. The maximum atomic E-state index is 6.05. The summed E-state index contributed by atoms with van der Waals surface area (Å²) in [5.41, 5.74) is 10.8. The molecule has 0 radical (unpaired) electrons. The number of benzene rings is 1. The Bertz CT molecular complexity index is 556. The van der Waals surface area contributed by atoms with Gasteiger partial charge >= 0.3 is 0 Å². The predicted octanol–water partition coefficient (Wildman–Crippen LogP) is 2.56. The van der Waals surface area contributed by atoms with Gasteiger partial charge in [-0.1, -0.05) is 17.7 Å². The molecule has 108 valence electrons. The van der Waals surface area contributed by atoms with E-state index in [1.807, 2.05) is 18.7 Å². The highest BCUT2D eigenvalue weighted by molar-refractivity contribution is 5.50. The van der Waals surface area contributed by atoms with Crippen molar-refractivity contribution in [1.29, 1.82) is 0 Å². The van der Waals surface area contributed by atoms with Crippen LogP contribution in [0.1, 0.15) is 29.8 Å². The summed E-state index contributed by atoms with van der Waals surface area (Å²) in [6, 6.07) is 8.76. The maximum Gasteiger partial charge on any atom is 0.0698 e. The summed E-state index contributed by atoms with van der Waals surface area (Å²) in [6.07, 6.45) is 2.07. The molecule has 0 amide bonds. The lowest BCUT2D eigenvalue weighted by Gasteiger charge is -2.32. The maximum absolute atomic E-state index is 6.05. The van der Waals surface area contributed by atoms with Crippen molar-refractivity contribution in [2.24, 2.45) is 12.8 Å². The molecule has 0 saturated carbocycles. The summed E-state index contributed by atoms with van der Waals surface area (Å²) in [6.45, 7) is 7.80. The average Bonchev–Trinajstić information content (AvgIpc) is 2.76. The Morgan fingerprint density at radius 1 is 1.25 bits per heavy atom. The van der Waals surface area contributed by atoms with Crippen LogP contribution in [0.15, 0.2) is 30.5 Å². The summed E-state index contributed by atoms with van der Waals surface area (Å²) >= 11 is 0. The summed E-state index contributed by atoms with van der Waals surface area (Å²) in [7, 11) is 1.95. The van der Waals surface area contributed by atoms with Crippen LogP contribution < -0.4 is 10.6 Å². The van der Waals surface area contributed by atoms with E-state index in [-0.39, 0.29) is 6.04 Å². The van der Waals surface area contributed by atoms with Gasteiger partial charge in [-0.05, 0) is 32.9 Å². The van der Waals surface area contributed by atoms with Gasteiger partial charge < -0.3 is 10.6 Å². The fraction of sp³-hybridized carbons (Fsp3) is 0.438. The topological polar surface area (TPSA) is 47.1 Å². The Balaban J connectivity index is 2.37. The molecule has 2 N–H and O–H groups in total. The molecule has 0 saturated heterocycles. The number of rotatable bonds is 5. The molecule has 0 fully saturated rings. The van der Waals surface area contributed by atoms with Gasteiger partial charge in [0.25, 0.3) is 0 Å². The monoisotopic (exact) mass is 272 g/mol. The number of hydrogen-bond donors (Lipinski definition) is 1. The van der Waals surface area contributed by atoms with Gasteiger partial charge in [0.05, 0.1) is 11.7 Å². The lowest BCUT2D eigenvalue weighted by Crippen LogP contribution is -2.34. The normalized spacial score (nSPS) is 12.4. The van der Waals surface area contributed by atoms with Gasteiger partial charge in [-0.15, -0.1) is 0 Å². The van der Waals surface area contributed by atoms with Crippen LogP contribution in [0.3, 0.4) is 0 Å². The Morgan fingerprint density at radius 2 is 1.90 bits per heavy atom. The average molecular weight is 272 g/mol. The molecular formula is C16H24N4. The van der Waals surface area contributed by atoms with Crippen molar-refractivity contribution in [3.8, 4) is 0 Å². The second-order valence-corrected chi connectivity index (χ2v) is 5.22. The molecule has 0 bridgehead atoms. The number of nitrogens with zero attached hydrogens (tertiary/aromatic N) is 3. The molecular weight excluding hydrogens is 248 g/mol. The van der Waals surface area contributed by atoms with Gasteiger partial charge in [0.2, 0.25) is 0 Å². The highest BCUT2D eigenvalue weighted by Crippen LogP contribution is 2.28. The van der Waals surface area contributed by atoms with Gasteiger partial charge in [0.15, 0.2) is 0 Å². The second-order valence-electron chi connectivity index (χ2n) is 5.22. The first-order valence-electron chi connectivity index (χ1n) is 7.10. The van der Waals surface area contributed by atoms with Crippen molar-refractivity contribution in [1.82, 2.24) is 9.78 Å². The molecule has 0 aliphatic rings. The van der Waals surface area contributed by atoms with E-state index in [9.17, 15) is 0 Å². The van der Waals surface area contributed by atoms with Crippen LogP contribution in [0, 0.1) is 13.8 Å². The van der Waals surface area contributed by atoms with E-state index in [0.717, 1.165) is 12.2 Å². The first-order valence-corrected chi connectivity index (χ1v) is 7.10. The van der Waals surface area contributed by atoms with Crippen molar-refractivity contribution in [3.05, 3.63) is 47.3 Å². The summed E-state index contributed by atoms with van der Waals surface area (Å²) < 4.78 is 1.86. The smallest absolute Gasteiger partial charge is 0.0698 e. The fourth-order valence-corrected chi connectivity index (χ4v) is 2.69. The van der Waals surface area contributed by atoms with Crippen LogP contribution in [0.2, 0.25) is 0 Å². The Hall–Kier alpha value is -1.81. The minimum atomic E-state index is 0.163. The van der Waals surface area contributed by atoms with Crippen molar-refractivity contribution < 1.29 is 0 Å². The molecule has 4 nitrogen and oxygen atoms in total.